The summed E-state index contributed by atoms with van der Waals surface area (Å²) in [5.41, 5.74) is 0.700. The van der Waals surface area contributed by atoms with Gasteiger partial charge < -0.3 is 10.1 Å². The van der Waals surface area contributed by atoms with Gasteiger partial charge in [-0.25, -0.2) is 16.8 Å². The summed E-state index contributed by atoms with van der Waals surface area (Å²) in [4.78, 5) is 3.75. The van der Waals surface area contributed by atoms with Crippen molar-refractivity contribution in [2.45, 2.75) is 42.0 Å². The fraction of sp³-hybridized carbons (Fsp3) is 0.545. The first-order chi connectivity index (χ1) is 15.2. The molecule has 3 heterocycles. The minimum Gasteiger partial charge on any atom is -0.496 e. The number of sulfone groups is 2. The first kappa shape index (κ1) is 23.7. The summed E-state index contributed by atoms with van der Waals surface area (Å²) in [6.45, 7) is 4.30. The van der Waals surface area contributed by atoms with E-state index in [1.807, 2.05) is 11.4 Å². The predicted octanol–water partition coefficient (Wildman–Crippen LogP) is 2.43. The van der Waals surface area contributed by atoms with Gasteiger partial charge in [-0.1, -0.05) is 6.07 Å². The smallest absolute Gasteiger partial charge is 0.183 e. The van der Waals surface area contributed by atoms with Gasteiger partial charge in [0.1, 0.15) is 5.75 Å². The third kappa shape index (κ3) is 4.89. The molecule has 0 spiro atoms. The molecule has 1 N–H and O–H groups in total. The van der Waals surface area contributed by atoms with Crippen molar-refractivity contribution in [1.82, 2.24) is 10.2 Å². The summed E-state index contributed by atoms with van der Waals surface area (Å²) in [6.07, 6.45) is 2.29. The molecule has 4 rings (SSSR count). The summed E-state index contributed by atoms with van der Waals surface area (Å²) in [6, 6.07) is 8.27. The maximum absolute atomic E-state index is 13.5. The largest absolute Gasteiger partial charge is 0.496 e. The van der Waals surface area contributed by atoms with E-state index in [1.165, 1.54) is 18.1 Å². The second-order valence-corrected chi connectivity index (χ2v) is 13.9. The normalized spacial score (nSPS) is 24.6. The first-order valence-corrected chi connectivity index (χ1v) is 15.1. The molecule has 0 radical (unpaired) electrons. The van der Waals surface area contributed by atoms with Crippen molar-refractivity contribution in [3.05, 3.63) is 46.2 Å². The summed E-state index contributed by atoms with van der Waals surface area (Å²) >= 11 is 1.68. The van der Waals surface area contributed by atoms with Crippen LogP contribution in [0, 0.1) is 6.92 Å². The average molecular weight is 499 g/mol. The van der Waals surface area contributed by atoms with Crippen LogP contribution in [0.1, 0.15) is 29.3 Å². The van der Waals surface area contributed by atoms with Gasteiger partial charge in [0.2, 0.25) is 0 Å². The van der Waals surface area contributed by atoms with Crippen LogP contribution >= 0.6 is 11.3 Å². The van der Waals surface area contributed by atoms with Gasteiger partial charge in [-0.3, -0.25) is 4.90 Å². The van der Waals surface area contributed by atoms with E-state index in [4.69, 9.17) is 4.74 Å². The number of methoxy groups -OCH3 is 1. The van der Waals surface area contributed by atoms with Crippen molar-refractivity contribution in [1.29, 1.82) is 0 Å². The van der Waals surface area contributed by atoms with Crippen LogP contribution in [-0.2, 0) is 19.7 Å². The highest BCUT2D eigenvalue weighted by atomic mass is 32.2. The van der Waals surface area contributed by atoms with Crippen molar-refractivity contribution in [2.24, 2.45) is 0 Å². The van der Waals surface area contributed by atoms with Gasteiger partial charge in [-0.2, -0.15) is 0 Å². The molecule has 10 heteroatoms. The molecule has 1 aromatic heterocycles. The molecule has 3 atom stereocenters. The van der Waals surface area contributed by atoms with E-state index in [-0.39, 0.29) is 22.4 Å². The highest BCUT2D eigenvalue weighted by Gasteiger charge is 2.46. The second-order valence-electron chi connectivity index (χ2n) is 8.58. The zero-order valence-corrected chi connectivity index (χ0v) is 20.8. The Bertz CT molecular complexity index is 1140. The Morgan fingerprint density at radius 1 is 1.22 bits per heavy atom. The number of nitrogens with zero attached hydrogens (tertiary/aromatic N) is 1. The lowest BCUT2D eigenvalue weighted by Gasteiger charge is -2.29. The van der Waals surface area contributed by atoms with Gasteiger partial charge in [0.25, 0.3) is 0 Å². The molecule has 0 aliphatic carbocycles. The third-order valence-electron chi connectivity index (χ3n) is 6.42. The van der Waals surface area contributed by atoms with Gasteiger partial charge >= 0.3 is 0 Å². The van der Waals surface area contributed by atoms with Gasteiger partial charge in [0.15, 0.2) is 19.7 Å². The van der Waals surface area contributed by atoms with E-state index in [9.17, 15) is 16.8 Å². The molecule has 2 fully saturated rings. The molecule has 2 aromatic rings. The fourth-order valence-electron chi connectivity index (χ4n) is 4.72. The average Bonchev–Trinajstić information content (AvgIpc) is 3.50. The van der Waals surface area contributed by atoms with Crippen LogP contribution in [0.5, 0.6) is 5.75 Å². The van der Waals surface area contributed by atoms with E-state index >= 15 is 0 Å². The molecule has 2 saturated heterocycles. The molecular weight excluding hydrogens is 468 g/mol. The number of ether oxygens (including phenoxy) is 1. The number of aryl methyl sites for hydroxylation is 1. The Kier molecular flexibility index (Phi) is 6.97. The van der Waals surface area contributed by atoms with E-state index in [2.05, 4.69) is 16.3 Å². The lowest BCUT2D eigenvalue weighted by Crippen LogP contribution is -2.46. The molecule has 2 aliphatic rings. The fourth-order valence-corrected chi connectivity index (χ4v) is 10.4. The van der Waals surface area contributed by atoms with Crippen molar-refractivity contribution >= 4 is 31.0 Å². The zero-order valence-electron chi connectivity index (χ0n) is 18.4. The molecule has 0 amide bonds. The van der Waals surface area contributed by atoms with Crippen molar-refractivity contribution in [3.8, 4) is 5.75 Å². The Morgan fingerprint density at radius 2 is 1.97 bits per heavy atom. The van der Waals surface area contributed by atoms with Crippen molar-refractivity contribution in [3.63, 3.8) is 0 Å². The molecule has 7 nitrogen and oxygen atoms in total. The standard InChI is InChI=1S/C22H30N2O5S3/c1-16-12-17(7-8-20(16)29-2)32(27,28)22-15-31(25,26)14-18(22)23-13-19(21-6-5-11-30-21)24-9-3-4-10-24/h5-8,11-12,18-19,22-23H,3-4,9-10,13-15H2,1-2H3/t18-,19?,22-/m0/s1. The van der Waals surface area contributed by atoms with Crippen molar-refractivity contribution in [2.75, 3.05) is 38.2 Å². The topological polar surface area (TPSA) is 92.8 Å². The van der Waals surface area contributed by atoms with Crippen LogP contribution in [0.4, 0.5) is 0 Å². The molecule has 0 bridgehead atoms. The van der Waals surface area contributed by atoms with Crippen LogP contribution in [0.2, 0.25) is 0 Å². The van der Waals surface area contributed by atoms with Gasteiger partial charge in [-0.05, 0) is 68.1 Å². The maximum Gasteiger partial charge on any atom is 0.183 e. The minimum absolute atomic E-state index is 0.118. The van der Waals surface area contributed by atoms with Crippen LogP contribution in [0.25, 0.3) is 0 Å². The van der Waals surface area contributed by atoms with Gasteiger partial charge in [0.05, 0.1) is 34.8 Å². The van der Waals surface area contributed by atoms with Crippen LogP contribution in [0.15, 0.2) is 40.6 Å². The van der Waals surface area contributed by atoms with E-state index in [0.717, 1.165) is 25.9 Å². The summed E-state index contributed by atoms with van der Waals surface area (Å²) in [5, 5.41) is 4.38. The van der Waals surface area contributed by atoms with Crippen LogP contribution in [0.3, 0.4) is 0 Å². The minimum atomic E-state index is -3.84. The number of likely N-dealkylation sites (tertiary alicyclic amines) is 1. The lowest BCUT2D eigenvalue weighted by atomic mass is 10.2. The summed E-state index contributed by atoms with van der Waals surface area (Å²) in [5.74, 6) is 0.0799. The first-order valence-electron chi connectivity index (χ1n) is 10.8. The number of hydrogen-bond acceptors (Lipinski definition) is 8. The Labute approximate surface area is 194 Å². The number of nitrogens with one attached hydrogen (secondary N) is 1. The number of benzene rings is 1. The van der Waals surface area contributed by atoms with E-state index < -0.39 is 31.0 Å². The molecule has 32 heavy (non-hydrogen) atoms. The molecule has 2 aliphatic heterocycles. The second kappa shape index (κ2) is 9.42. The zero-order chi connectivity index (χ0) is 22.9. The third-order valence-corrected chi connectivity index (χ3v) is 11.5. The lowest BCUT2D eigenvalue weighted by molar-refractivity contribution is 0.237. The van der Waals surface area contributed by atoms with Gasteiger partial charge in [-0.15, -0.1) is 11.3 Å². The summed E-state index contributed by atoms with van der Waals surface area (Å²) < 4.78 is 57.1. The molecule has 0 saturated carbocycles. The molecule has 176 valence electrons. The quantitative estimate of drug-likeness (QED) is 0.598. The summed E-state index contributed by atoms with van der Waals surface area (Å²) in [7, 11) is -5.76. The Morgan fingerprint density at radius 3 is 2.59 bits per heavy atom. The highest BCUT2D eigenvalue weighted by molar-refractivity contribution is 7.96. The molecular formula is C22H30N2O5S3. The highest BCUT2D eigenvalue weighted by Crippen LogP contribution is 2.31. The Balaban J connectivity index is 1.57. The molecule has 1 unspecified atom stereocenters. The SMILES string of the molecule is COc1ccc(S(=O)(=O)[C@H]2CS(=O)(=O)C[C@@H]2NCC(c2cccs2)N2CCCC2)cc1C. The van der Waals surface area contributed by atoms with Crippen LogP contribution in [-0.4, -0.2) is 71.3 Å². The van der Waals surface area contributed by atoms with E-state index in [0.29, 0.717) is 17.9 Å². The molecule has 1 aromatic carbocycles. The maximum atomic E-state index is 13.5. The van der Waals surface area contributed by atoms with Crippen LogP contribution < -0.4 is 10.1 Å². The van der Waals surface area contributed by atoms with E-state index in [1.54, 1.807) is 30.4 Å². The number of hydrogen-bond donors (Lipinski definition) is 1. The predicted molar refractivity (Wildman–Crippen MR) is 127 cm³/mol. The number of rotatable bonds is 8. The number of thiophene rings is 1. The monoisotopic (exact) mass is 498 g/mol. The van der Waals surface area contributed by atoms with Gasteiger partial charge in [0, 0.05) is 17.5 Å². The Hall–Kier alpha value is -1.46. The van der Waals surface area contributed by atoms with Crippen molar-refractivity contribution < 1.29 is 21.6 Å².